The molecule has 0 N–H and O–H groups in total. The Morgan fingerprint density at radius 1 is 1.21 bits per heavy atom. The van der Waals surface area contributed by atoms with Gasteiger partial charge in [-0.3, -0.25) is 4.79 Å². The molecule has 1 saturated heterocycles. The van der Waals surface area contributed by atoms with Crippen LogP contribution in [0.4, 0.5) is 0 Å². The van der Waals surface area contributed by atoms with Gasteiger partial charge in [-0.15, -0.1) is 11.3 Å². The van der Waals surface area contributed by atoms with Crippen LogP contribution in [-0.2, 0) is 10.2 Å². The van der Waals surface area contributed by atoms with E-state index in [4.69, 9.17) is 0 Å². The summed E-state index contributed by atoms with van der Waals surface area (Å²) in [6.07, 6.45) is 0. The zero-order chi connectivity index (χ0) is 13.5. The average Bonchev–Trinajstić information content (AvgIpc) is 3.04. The highest BCUT2D eigenvalue weighted by molar-refractivity contribution is 7.10. The molecule has 0 spiro atoms. The van der Waals surface area contributed by atoms with E-state index in [1.54, 1.807) is 11.3 Å². The lowest BCUT2D eigenvalue weighted by molar-refractivity contribution is -0.130. The van der Waals surface area contributed by atoms with Gasteiger partial charge in [0.15, 0.2) is 0 Å². The third-order valence-electron chi connectivity index (χ3n) is 4.18. The number of amides is 1. The van der Waals surface area contributed by atoms with Crippen molar-refractivity contribution in [1.82, 2.24) is 4.90 Å². The third kappa shape index (κ3) is 1.80. The molecule has 1 aromatic carbocycles. The summed E-state index contributed by atoms with van der Waals surface area (Å²) in [5.41, 5.74) is 0.820. The highest BCUT2D eigenvalue weighted by Crippen LogP contribution is 2.46. The van der Waals surface area contributed by atoms with E-state index in [9.17, 15) is 4.79 Å². The maximum atomic E-state index is 12.6. The fraction of sp³-hybridized carbons (Fsp3) is 0.312. The summed E-state index contributed by atoms with van der Waals surface area (Å²) >= 11 is 1.68. The Labute approximate surface area is 117 Å². The fourth-order valence-corrected chi connectivity index (χ4v) is 4.00. The minimum absolute atomic E-state index is 0.226. The van der Waals surface area contributed by atoms with E-state index < -0.39 is 5.41 Å². The molecule has 3 rings (SSSR count). The van der Waals surface area contributed by atoms with Crippen molar-refractivity contribution in [3.63, 3.8) is 0 Å². The first-order chi connectivity index (χ1) is 9.14. The number of carbonyl (C=O) groups is 1. The van der Waals surface area contributed by atoms with E-state index >= 15 is 0 Å². The van der Waals surface area contributed by atoms with Gasteiger partial charge < -0.3 is 4.90 Å². The Bertz CT molecular complexity index is 578. The molecule has 2 heterocycles. The molecule has 1 amide bonds. The van der Waals surface area contributed by atoms with Gasteiger partial charge in [-0.05, 0) is 23.9 Å². The number of thiophene rings is 1. The van der Waals surface area contributed by atoms with Gasteiger partial charge in [0, 0.05) is 24.4 Å². The monoisotopic (exact) mass is 271 g/mol. The molecule has 0 saturated carbocycles. The van der Waals surface area contributed by atoms with Gasteiger partial charge in [0.25, 0.3) is 0 Å². The molecule has 1 aliphatic rings. The molecule has 1 aromatic heterocycles. The third-order valence-corrected chi connectivity index (χ3v) is 5.29. The summed E-state index contributed by atoms with van der Waals surface area (Å²) in [7, 11) is 1.90. The SMILES string of the molecule is CN1CC(c2ccccc2)C(C)(c2cccs2)C1=O. The summed E-state index contributed by atoms with van der Waals surface area (Å²) in [6.45, 7) is 2.87. The minimum atomic E-state index is -0.426. The number of likely N-dealkylation sites (N-methyl/N-ethyl adjacent to an activating group) is 1. The van der Waals surface area contributed by atoms with E-state index in [-0.39, 0.29) is 11.8 Å². The largest absolute Gasteiger partial charge is 0.344 e. The van der Waals surface area contributed by atoms with Crippen molar-refractivity contribution in [3.05, 3.63) is 58.3 Å². The van der Waals surface area contributed by atoms with Crippen molar-refractivity contribution in [2.24, 2.45) is 0 Å². The van der Waals surface area contributed by atoms with Gasteiger partial charge in [0.2, 0.25) is 5.91 Å². The number of carbonyl (C=O) groups excluding carboxylic acids is 1. The van der Waals surface area contributed by atoms with Crippen LogP contribution in [0.25, 0.3) is 0 Å². The molecule has 1 aliphatic heterocycles. The summed E-state index contributed by atoms with van der Waals surface area (Å²) < 4.78 is 0. The minimum Gasteiger partial charge on any atom is -0.344 e. The molecule has 19 heavy (non-hydrogen) atoms. The second-order valence-electron chi connectivity index (χ2n) is 5.33. The first kappa shape index (κ1) is 12.4. The molecule has 0 radical (unpaired) electrons. The predicted octanol–water partition coefficient (Wildman–Crippen LogP) is 3.26. The van der Waals surface area contributed by atoms with Crippen LogP contribution >= 0.6 is 11.3 Å². The van der Waals surface area contributed by atoms with Gasteiger partial charge in [0.1, 0.15) is 0 Å². The summed E-state index contributed by atoms with van der Waals surface area (Å²) in [6, 6.07) is 14.5. The van der Waals surface area contributed by atoms with E-state index in [2.05, 4.69) is 25.1 Å². The first-order valence-electron chi connectivity index (χ1n) is 6.48. The Hall–Kier alpha value is -1.61. The van der Waals surface area contributed by atoms with E-state index in [0.717, 1.165) is 11.4 Å². The Kier molecular flexibility index (Phi) is 2.94. The zero-order valence-corrected chi connectivity index (χ0v) is 12.0. The molecule has 2 atom stereocenters. The second-order valence-corrected chi connectivity index (χ2v) is 6.28. The van der Waals surface area contributed by atoms with Gasteiger partial charge in [-0.1, -0.05) is 36.4 Å². The smallest absolute Gasteiger partial charge is 0.234 e. The van der Waals surface area contributed by atoms with Gasteiger partial charge >= 0.3 is 0 Å². The van der Waals surface area contributed by atoms with Crippen LogP contribution < -0.4 is 0 Å². The van der Waals surface area contributed by atoms with E-state index in [0.29, 0.717) is 0 Å². The molecule has 2 unspecified atom stereocenters. The lowest BCUT2D eigenvalue weighted by Crippen LogP contribution is -2.35. The van der Waals surface area contributed by atoms with E-state index in [1.807, 2.05) is 41.6 Å². The number of benzene rings is 1. The maximum Gasteiger partial charge on any atom is 0.234 e. The van der Waals surface area contributed by atoms with Crippen molar-refractivity contribution in [1.29, 1.82) is 0 Å². The van der Waals surface area contributed by atoms with Crippen molar-refractivity contribution in [2.45, 2.75) is 18.3 Å². The molecular weight excluding hydrogens is 254 g/mol. The van der Waals surface area contributed by atoms with Crippen LogP contribution in [0.2, 0.25) is 0 Å². The van der Waals surface area contributed by atoms with Crippen LogP contribution in [0.5, 0.6) is 0 Å². The molecule has 3 heteroatoms. The summed E-state index contributed by atoms with van der Waals surface area (Å²) in [5.74, 6) is 0.452. The van der Waals surface area contributed by atoms with Crippen LogP contribution in [0.15, 0.2) is 47.8 Å². The number of likely N-dealkylation sites (tertiary alicyclic amines) is 1. The van der Waals surface area contributed by atoms with Crippen molar-refractivity contribution < 1.29 is 4.79 Å². The number of nitrogens with zero attached hydrogens (tertiary/aromatic N) is 1. The standard InChI is InChI=1S/C16H17NOS/c1-16(14-9-6-10-19-14)13(11-17(2)15(16)18)12-7-4-3-5-8-12/h3-10,13H,11H2,1-2H3. The van der Waals surface area contributed by atoms with Crippen molar-refractivity contribution >= 4 is 17.2 Å². The lowest BCUT2D eigenvalue weighted by atomic mass is 9.74. The second kappa shape index (κ2) is 4.49. The molecule has 98 valence electrons. The topological polar surface area (TPSA) is 20.3 Å². The molecule has 0 bridgehead atoms. The number of hydrogen-bond acceptors (Lipinski definition) is 2. The van der Waals surface area contributed by atoms with Crippen LogP contribution in [-0.4, -0.2) is 24.4 Å². The Balaban J connectivity index is 2.11. The molecule has 0 aliphatic carbocycles. The Morgan fingerprint density at radius 3 is 2.58 bits per heavy atom. The first-order valence-corrected chi connectivity index (χ1v) is 7.36. The highest BCUT2D eigenvalue weighted by Gasteiger charge is 2.51. The number of rotatable bonds is 2. The molecule has 2 aromatic rings. The fourth-order valence-electron chi connectivity index (χ4n) is 3.06. The maximum absolute atomic E-state index is 12.6. The van der Waals surface area contributed by atoms with Gasteiger partial charge in [-0.25, -0.2) is 0 Å². The summed E-state index contributed by atoms with van der Waals surface area (Å²) in [4.78, 5) is 15.7. The van der Waals surface area contributed by atoms with Crippen LogP contribution in [0.1, 0.15) is 23.3 Å². The van der Waals surface area contributed by atoms with Gasteiger partial charge in [0.05, 0.1) is 5.41 Å². The van der Waals surface area contributed by atoms with E-state index in [1.165, 1.54) is 5.56 Å². The Morgan fingerprint density at radius 2 is 1.95 bits per heavy atom. The number of hydrogen-bond donors (Lipinski definition) is 0. The average molecular weight is 271 g/mol. The molecule has 2 nitrogen and oxygen atoms in total. The van der Waals surface area contributed by atoms with Crippen LogP contribution in [0, 0.1) is 0 Å². The summed E-state index contributed by atoms with van der Waals surface area (Å²) in [5, 5.41) is 2.05. The van der Waals surface area contributed by atoms with Crippen LogP contribution in [0.3, 0.4) is 0 Å². The van der Waals surface area contributed by atoms with Crippen molar-refractivity contribution in [2.75, 3.05) is 13.6 Å². The zero-order valence-electron chi connectivity index (χ0n) is 11.2. The lowest BCUT2D eigenvalue weighted by Gasteiger charge is -2.27. The predicted molar refractivity (Wildman–Crippen MR) is 78.5 cm³/mol. The highest BCUT2D eigenvalue weighted by atomic mass is 32.1. The molecule has 1 fully saturated rings. The van der Waals surface area contributed by atoms with Crippen molar-refractivity contribution in [3.8, 4) is 0 Å². The normalized spacial score (nSPS) is 26.9. The quantitative estimate of drug-likeness (QED) is 0.821. The van der Waals surface area contributed by atoms with Gasteiger partial charge in [-0.2, -0.15) is 0 Å². The molecular formula is C16H17NOS.